The Morgan fingerprint density at radius 3 is 2.40 bits per heavy atom. The summed E-state index contributed by atoms with van der Waals surface area (Å²) in [7, 11) is -0.858. The molecule has 4 heteroatoms. The molecule has 0 aromatic heterocycles. The van der Waals surface area contributed by atoms with Crippen LogP contribution in [0.2, 0.25) is 0 Å². The average molecular weight is 223 g/mol. The number of rotatable bonds is 3. The van der Waals surface area contributed by atoms with E-state index in [4.69, 9.17) is 0 Å². The van der Waals surface area contributed by atoms with E-state index in [0.717, 1.165) is 23.4 Å². The molecule has 1 amide bonds. The number of benzene rings is 1. The summed E-state index contributed by atoms with van der Waals surface area (Å²) in [6, 6.07) is 7.22. The first kappa shape index (κ1) is 10.4. The molecule has 0 bridgehead atoms. The molecule has 1 saturated carbocycles. The third-order valence-electron chi connectivity index (χ3n) is 2.23. The summed E-state index contributed by atoms with van der Waals surface area (Å²) >= 11 is 0. The molecular weight excluding hydrogens is 210 g/mol. The number of carbonyl (C=O) groups excluding carboxylic acids is 1. The van der Waals surface area contributed by atoms with Crippen LogP contribution in [0.3, 0.4) is 0 Å². The summed E-state index contributed by atoms with van der Waals surface area (Å²) in [6.45, 7) is 1.47. The van der Waals surface area contributed by atoms with Crippen molar-refractivity contribution < 1.29 is 9.00 Å². The molecule has 1 aromatic carbocycles. The van der Waals surface area contributed by atoms with Gasteiger partial charge in [0, 0.05) is 22.8 Å². The topological polar surface area (TPSA) is 46.2 Å². The second-order valence-electron chi connectivity index (χ2n) is 3.70. The first-order valence-electron chi connectivity index (χ1n) is 4.95. The van der Waals surface area contributed by atoms with Crippen molar-refractivity contribution in [3.8, 4) is 0 Å². The Balaban J connectivity index is 2.09. The van der Waals surface area contributed by atoms with Crippen LogP contribution in [0.5, 0.6) is 0 Å². The fourth-order valence-electron chi connectivity index (χ4n) is 1.35. The smallest absolute Gasteiger partial charge is 0.221 e. The van der Waals surface area contributed by atoms with Gasteiger partial charge in [-0.2, -0.15) is 0 Å². The maximum atomic E-state index is 11.8. The Morgan fingerprint density at radius 1 is 1.33 bits per heavy atom. The Labute approximate surface area is 91.3 Å². The van der Waals surface area contributed by atoms with E-state index in [1.807, 2.05) is 12.1 Å². The average Bonchev–Trinajstić information content (AvgIpc) is 3.00. The molecule has 0 radical (unpaired) electrons. The Kier molecular flexibility index (Phi) is 2.86. The van der Waals surface area contributed by atoms with Crippen molar-refractivity contribution >= 4 is 22.4 Å². The molecule has 1 N–H and O–H groups in total. The number of hydrogen-bond acceptors (Lipinski definition) is 2. The summed E-state index contributed by atoms with van der Waals surface area (Å²) < 4.78 is 11.8. The van der Waals surface area contributed by atoms with Crippen molar-refractivity contribution in [1.82, 2.24) is 0 Å². The predicted molar refractivity (Wildman–Crippen MR) is 60.2 cm³/mol. The van der Waals surface area contributed by atoms with Crippen LogP contribution in [0.4, 0.5) is 5.69 Å². The minimum absolute atomic E-state index is 0.0916. The SMILES string of the molecule is CC(=O)Nc1ccc(S(=O)C2CC2)cc1. The molecule has 1 atom stereocenters. The van der Waals surface area contributed by atoms with Gasteiger partial charge >= 0.3 is 0 Å². The molecule has 1 unspecified atom stereocenters. The van der Waals surface area contributed by atoms with Crippen molar-refractivity contribution in [2.24, 2.45) is 0 Å². The van der Waals surface area contributed by atoms with Gasteiger partial charge in [-0.05, 0) is 37.1 Å². The maximum Gasteiger partial charge on any atom is 0.221 e. The van der Waals surface area contributed by atoms with Crippen LogP contribution >= 0.6 is 0 Å². The Morgan fingerprint density at radius 2 is 1.93 bits per heavy atom. The minimum atomic E-state index is -0.858. The Hall–Kier alpha value is -1.16. The molecule has 1 fully saturated rings. The standard InChI is InChI=1S/C11H13NO2S/c1-8(13)12-9-2-4-10(5-3-9)15(14)11-6-7-11/h2-5,11H,6-7H2,1H3,(H,12,13). The van der Waals surface area contributed by atoms with Gasteiger partial charge in [0.25, 0.3) is 0 Å². The van der Waals surface area contributed by atoms with Crippen LogP contribution in [0.25, 0.3) is 0 Å². The lowest BCUT2D eigenvalue weighted by atomic mass is 10.3. The summed E-state index contributed by atoms with van der Waals surface area (Å²) in [5, 5.41) is 3.04. The highest BCUT2D eigenvalue weighted by Crippen LogP contribution is 2.30. The summed E-state index contributed by atoms with van der Waals surface area (Å²) in [6.07, 6.45) is 2.14. The van der Waals surface area contributed by atoms with E-state index in [2.05, 4.69) is 5.32 Å². The quantitative estimate of drug-likeness (QED) is 0.851. The normalized spacial score (nSPS) is 17.1. The highest BCUT2D eigenvalue weighted by Gasteiger charge is 2.29. The van der Waals surface area contributed by atoms with Crippen LogP contribution in [0, 0.1) is 0 Å². The second-order valence-corrected chi connectivity index (χ2v) is 5.44. The van der Waals surface area contributed by atoms with Crippen molar-refractivity contribution in [3.05, 3.63) is 24.3 Å². The Bertz CT molecular complexity index is 396. The van der Waals surface area contributed by atoms with Gasteiger partial charge < -0.3 is 5.32 Å². The van der Waals surface area contributed by atoms with E-state index in [1.54, 1.807) is 12.1 Å². The fourth-order valence-corrected chi connectivity index (χ4v) is 2.70. The number of hydrogen-bond donors (Lipinski definition) is 1. The molecular formula is C11H13NO2S. The van der Waals surface area contributed by atoms with Crippen LogP contribution < -0.4 is 5.32 Å². The van der Waals surface area contributed by atoms with Crippen molar-refractivity contribution in [2.75, 3.05) is 5.32 Å². The van der Waals surface area contributed by atoms with Gasteiger partial charge in [0.15, 0.2) is 0 Å². The van der Waals surface area contributed by atoms with Crippen molar-refractivity contribution in [3.63, 3.8) is 0 Å². The molecule has 15 heavy (non-hydrogen) atoms. The van der Waals surface area contributed by atoms with E-state index >= 15 is 0 Å². The predicted octanol–water partition coefficient (Wildman–Crippen LogP) is 1.91. The molecule has 3 nitrogen and oxygen atoms in total. The first-order valence-corrected chi connectivity index (χ1v) is 6.16. The summed E-state index contributed by atoms with van der Waals surface area (Å²) in [5.74, 6) is -0.0916. The number of carbonyl (C=O) groups is 1. The van der Waals surface area contributed by atoms with Gasteiger partial charge in [0.2, 0.25) is 5.91 Å². The lowest BCUT2D eigenvalue weighted by molar-refractivity contribution is -0.114. The molecule has 80 valence electrons. The van der Waals surface area contributed by atoms with Gasteiger partial charge in [0.05, 0.1) is 10.8 Å². The second kappa shape index (κ2) is 4.14. The van der Waals surface area contributed by atoms with Crippen LogP contribution in [0.15, 0.2) is 29.2 Å². The van der Waals surface area contributed by atoms with Gasteiger partial charge in [-0.15, -0.1) is 0 Å². The monoisotopic (exact) mass is 223 g/mol. The first-order chi connectivity index (χ1) is 7.16. The molecule has 0 heterocycles. The van der Waals surface area contributed by atoms with E-state index in [0.29, 0.717) is 5.25 Å². The maximum absolute atomic E-state index is 11.8. The van der Waals surface area contributed by atoms with Crippen LogP contribution in [0.1, 0.15) is 19.8 Å². The molecule has 1 aliphatic rings. The summed E-state index contributed by atoms with van der Waals surface area (Å²) in [5.41, 5.74) is 0.749. The molecule has 1 aromatic rings. The lowest BCUT2D eigenvalue weighted by Gasteiger charge is -2.03. The zero-order valence-electron chi connectivity index (χ0n) is 8.53. The highest BCUT2D eigenvalue weighted by molar-refractivity contribution is 7.86. The zero-order chi connectivity index (χ0) is 10.8. The molecule has 1 aliphatic carbocycles. The van der Waals surface area contributed by atoms with Gasteiger partial charge in [-0.1, -0.05) is 0 Å². The van der Waals surface area contributed by atoms with Gasteiger partial charge in [0.1, 0.15) is 0 Å². The van der Waals surface area contributed by atoms with Crippen LogP contribution in [-0.2, 0) is 15.6 Å². The number of nitrogens with one attached hydrogen (secondary N) is 1. The van der Waals surface area contributed by atoms with Gasteiger partial charge in [-0.3, -0.25) is 9.00 Å². The molecule has 0 saturated heterocycles. The molecule has 0 spiro atoms. The highest BCUT2D eigenvalue weighted by atomic mass is 32.2. The van der Waals surface area contributed by atoms with E-state index in [1.165, 1.54) is 6.92 Å². The lowest BCUT2D eigenvalue weighted by Crippen LogP contribution is -2.05. The van der Waals surface area contributed by atoms with Crippen molar-refractivity contribution in [1.29, 1.82) is 0 Å². The van der Waals surface area contributed by atoms with E-state index in [-0.39, 0.29) is 5.91 Å². The largest absolute Gasteiger partial charge is 0.326 e. The third kappa shape index (κ3) is 2.65. The minimum Gasteiger partial charge on any atom is -0.326 e. The summed E-state index contributed by atoms with van der Waals surface area (Å²) in [4.78, 5) is 11.6. The van der Waals surface area contributed by atoms with Gasteiger partial charge in [-0.25, -0.2) is 0 Å². The molecule has 0 aliphatic heterocycles. The van der Waals surface area contributed by atoms with E-state index in [9.17, 15) is 9.00 Å². The third-order valence-corrected chi connectivity index (χ3v) is 4.05. The zero-order valence-corrected chi connectivity index (χ0v) is 9.34. The fraction of sp³-hybridized carbons (Fsp3) is 0.364. The molecule has 2 rings (SSSR count). The number of amides is 1. The van der Waals surface area contributed by atoms with E-state index < -0.39 is 10.8 Å². The van der Waals surface area contributed by atoms with Crippen LogP contribution in [-0.4, -0.2) is 15.4 Å². The van der Waals surface area contributed by atoms with Crippen molar-refractivity contribution in [2.45, 2.75) is 29.9 Å². The number of anilines is 1.